The smallest absolute Gasteiger partial charge is 0.304 e. The Morgan fingerprint density at radius 1 is 1.00 bits per heavy atom. The van der Waals surface area contributed by atoms with Gasteiger partial charge in [-0.05, 0) is 6.92 Å². The number of rotatable bonds is 1. The van der Waals surface area contributed by atoms with E-state index >= 15 is 0 Å². The van der Waals surface area contributed by atoms with Crippen LogP contribution in [0.4, 0.5) is 0 Å². The molecule has 0 spiro atoms. The average molecular weight is 154 g/mol. The summed E-state index contributed by atoms with van der Waals surface area (Å²) >= 11 is 0. The van der Waals surface area contributed by atoms with Gasteiger partial charge in [0.05, 0.1) is 0 Å². The van der Waals surface area contributed by atoms with E-state index < -0.39 is 5.97 Å². The monoisotopic (exact) mass is 154 g/mol. The minimum absolute atomic E-state index is 0.0723. The highest BCUT2D eigenvalue weighted by Gasteiger charge is 2.20. The Kier molecular flexibility index (Phi) is 1.95. The summed E-state index contributed by atoms with van der Waals surface area (Å²) in [6.45, 7) is 1.87. The molecule has 3 heteroatoms. The number of aliphatic hydroxyl groups is 3. The second-order valence-electron chi connectivity index (χ2n) is 2.50. The molecule has 0 heterocycles. The van der Waals surface area contributed by atoms with Crippen molar-refractivity contribution in [2.45, 2.75) is 12.9 Å². The third kappa shape index (κ3) is 2.01. The van der Waals surface area contributed by atoms with Crippen molar-refractivity contribution in [2.24, 2.45) is 0 Å². The second-order valence-corrected chi connectivity index (χ2v) is 2.50. The van der Waals surface area contributed by atoms with Gasteiger partial charge < -0.3 is 15.3 Å². The number of benzene rings is 1. The maximum Gasteiger partial charge on any atom is 0.304 e. The Morgan fingerprint density at radius 3 is 1.82 bits per heavy atom. The van der Waals surface area contributed by atoms with Crippen LogP contribution in [0, 0.1) is 6.92 Å². The van der Waals surface area contributed by atoms with Crippen LogP contribution in [0.3, 0.4) is 0 Å². The first kappa shape index (κ1) is 8.20. The molecule has 0 fully saturated rings. The average Bonchev–Trinajstić information content (AvgIpc) is 1.86. The van der Waals surface area contributed by atoms with E-state index in [-0.39, 0.29) is 5.56 Å². The van der Waals surface area contributed by atoms with Gasteiger partial charge in [0.2, 0.25) is 0 Å². The molecule has 0 saturated carbocycles. The normalized spacial score (nSPS) is 11.6. The zero-order chi connectivity index (χ0) is 8.48. The molecule has 3 nitrogen and oxygen atoms in total. The minimum Gasteiger partial charge on any atom is -0.340 e. The highest BCUT2D eigenvalue weighted by molar-refractivity contribution is 5.22. The standard InChI is InChI=1S/C8H10O3/c1-6-2-4-7(5-3-6)8(9,10)11/h2-5,9-11H,1H3. The topological polar surface area (TPSA) is 60.7 Å². The lowest BCUT2D eigenvalue weighted by molar-refractivity contribution is -0.323. The predicted octanol–water partition coefficient (Wildman–Crippen LogP) is 0.0822. The van der Waals surface area contributed by atoms with E-state index in [1.165, 1.54) is 12.1 Å². The van der Waals surface area contributed by atoms with Gasteiger partial charge in [-0.2, -0.15) is 0 Å². The molecule has 0 aromatic heterocycles. The molecule has 0 amide bonds. The molecule has 1 rings (SSSR count). The van der Waals surface area contributed by atoms with Crippen LogP contribution in [-0.2, 0) is 5.97 Å². The minimum atomic E-state index is -2.71. The van der Waals surface area contributed by atoms with Crippen LogP contribution in [0.25, 0.3) is 0 Å². The van der Waals surface area contributed by atoms with E-state index in [0.29, 0.717) is 0 Å². The molecule has 0 bridgehead atoms. The van der Waals surface area contributed by atoms with Crippen molar-refractivity contribution < 1.29 is 15.3 Å². The summed E-state index contributed by atoms with van der Waals surface area (Å²) in [5, 5.41) is 26.1. The van der Waals surface area contributed by atoms with Crippen molar-refractivity contribution in [1.29, 1.82) is 0 Å². The Morgan fingerprint density at radius 2 is 1.45 bits per heavy atom. The highest BCUT2D eigenvalue weighted by atomic mass is 16.7. The number of aryl methyl sites for hydroxylation is 1. The quantitative estimate of drug-likeness (QED) is 0.502. The van der Waals surface area contributed by atoms with Crippen LogP contribution >= 0.6 is 0 Å². The summed E-state index contributed by atoms with van der Waals surface area (Å²) in [6, 6.07) is 6.28. The van der Waals surface area contributed by atoms with Gasteiger partial charge in [-0.3, -0.25) is 0 Å². The van der Waals surface area contributed by atoms with Crippen LogP contribution in [0.15, 0.2) is 24.3 Å². The Balaban J connectivity index is 2.99. The SMILES string of the molecule is Cc1ccc(C(O)(O)O)cc1. The molecule has 0 atom stereocenters. The van der Waals surface area contributed by atoms with E-state index in [1.54, 1.807) is 12.1 Å². The molecular formula is C8H10O3. The fraction of sp³-hybridized carbons (Fsp3) is 0.250. The van der Waals surface area contributed by atoms with Gasteiger partial charge in [-0.25, -0.2) is 0 Å². The highest BCUT2D eigenvalue weighted by Crippen LogP contribution is 2.14. The van der Waals surface area contributed by atoms with Crippen molar-refractivity contribution in [3.8, 4) is 0 Å². The molecule has 11 heavy (non-hydrogen) atoms. The largest absolute Gasteiger partial charge is 0.340 e. The van der Waals surface area contributed by atoms with Gasteiger partial charge in [0.15, 0.2) is 0 Å². The molecule has 0 aliphatic heterocycles. The molecule has 0 radical (unpaired) electrons. The van der Waals surface area contributed by atoms with Crippen LogP contribution in [-0.4, -0.2) is 15.3 Å². The van der Waals surface area contributed by atoms with E-state index in [9.17, 15) is 0 Å². The first-order chi connectivity index (χ1) is 5.00. The molecule has 0 unspecified atom stereocenters. The lowest BCUT2D eigenvalue weighted by atomic mass is 10.1. The van der Waals surface area contributed by atoms with E-state index in [0.717, 1.165) is 5.56 Å². The zero-order valence-corrected chi connectivity index (χ0v) is 6.15. The first-order valence-electron chi connectivity index (χ1n) is 3.24. The van der Waals surface area contributed by atoms with Gasteiger partial charge in [-0.1, -0.05) is 29.8 Å². The molecule has 0 aliphatic rings. The van der Waals surface area contributed by atoms with Crippen LogP contribution in [0.2, 0.25) is 0 Å². The zero-order valence-electron chi connectivity index (χ0n) is 6.15. The van der Waals surface area contributed by atoms with E-state index in [4.69, 9.17) is 15.3 Å². The first-order valence-corrected chi connectivity index (χ1v) is 3.24. The Bertz CT molecular complexity index is 233. The molecule has 1 aromatic rings. The second kappa shape index (κ2) is 2.62. The van der Waals surface area contributed by atoms with Gasteiger partial charge in [0.1, 0.15) is 0 Å². The fourth-order valence-electron chi connectivity index (χ4n) is 0.777. The Hall–Kier alpha value is -0.900. The van der Waals surface area contributed by atoms with E-state index in [2.05, 4.69) is 0 Å². The lowest BCUT2D eigenvalue weighted by Crippen LogP contribution is -2.23. The summed E-state index contributed by atoms with van der Waals surface area (Å²) in [5.41, 5.74) is 1.07. The fourth-order valence-corrected chi connectivity index (χ4v) is 0.777. The summed E-state index contributed by atoms with van der Waals surface area (Å²) in [5.74, 6) is -2.71. The lowest BCUT2D eigenvalue weighted by Gasteiger charge is -2.13. The number of hydrogen-bond acceptors (Lipinski definition) is 3. The molecule has 0 saturated heterocycles. The maximum absolute atomic E-state index is 8.69. The van der Waals surface area contributed by atoms with Gasteiger partial charge in [0.25, 0.3) is 0 Å². The van der Waals surface area contributed by atoms with Gasteiger partial charge in [0, 0.05) is 5.56 Å². The third-order valence-corrected chi connectivity index (χ3v) is 1.44. The molecular weight excluding hydrogens is 144 g/mol. The van der Waals surface area contributed by atoms with Crippen molar-refractivity contribution in [1.82, 2.24) is 0 Å². The maximum atomic E-state index is 8.69. The predicted molar refractivity (Wildman–Crippen MR) is 39.5 cm³/mol. The van der Waals surface area contributed by atoms with Crippen LogP contribution in [0.5, 0.6) is 0 Å². The molecule has 60 valence electrons. The van der Waals surface area contributed by atoms with Gasteiger partial charge >= 0.3 is 5.97 Å². The summed E-state index contributed by atoms with van der Waals surface area (Å²) < 4.78 is 0. The van der Waals surface area contributed by atoms with Gasteiger partial charge in [-0.15, -0.1) is 0 Å². The molecule has 0 aliphatic carbocycles. The Labute approximate surface area is 64.5 Å². The van der Waals surface area contributed by atoms with Crippen LogP contribution < -0.4 is 0 Å². The van der Waals surface area contributed by atoms with Crippen molar-refractivity contribution in [2.75, 3.05) is 0 Å². The molecule has 3 N–H and O–H groups in total. The van der Waals surface area contributed by atoms with E-state index in [1.807, 2.05) is 6.92 Å². The summed E-state index contributed by atoms with van der Waals surface area (Å²) in [4.78, 5) is 0. The molecule has 1 aromatic carbocycles. The number of hydrogen-bond donors (Lipinski definition) is 3. The van der Waals surface area contributed by atoms with Crippen molar-refractivity contribution in [3.05, 3.63) is 35.4 Å². The van der Waals surface area contributed by atoms with Crippen molar-refractivity contribution >= 4 is 0 Å². The summed E-state index contributed by atoms with van der Waals surface area (Å²) in [6.07, 6.45) is 0. The van der Waals surface area contributed by atoms with Crippen molar-refractivity contribution in [3.63, 3.8) is 0 Å². The summed E-state index contributed by atoms with van der Waals surface area (Å²) in [7, 11) is 0. The third-order valence-electron chi connectivity index (χ3n) is 1.44. The van der Waals surface area contributed by atoms with Crippen LogP contribution in [0.1, 0.15) is 11.1 Å².